The third kappa shape index (κ3) is 4.22. The summed E-state index contributed by atoms with van der Waals surface area (Å²) in [5.41, 5.74) is 4.09. The first-order chi connectivity index (χ1) is 9.49. The van der Waals surface area contributed by atoms with Crippen LogP contribution in [0.5, 0.6) is 0 Å². The molecule has 0 unspecified atom stereocenters. The van der Waals surface area contributed by atoms with Crippen molar-refractivity contribution in [3.8, 4) is 6.07 Å². The summed E-state index contributed by atoms with van der Waals surface area (Å²) in [5, 5.41) is 9.10. The second kappa shape index (κ2) is 7.46. The number of carbonyl (C=O) groups excluding carboxylic acids is 1. The second-order valence-electron chi connectivity index (χ2n) is 4.61. The number of benzene rings is 1. The average molecular weight is 273 g/mol. The molecule has 0 amide bonds. The van der Waals surface area contributed by atoms with Gasteiger partial charge in [-0.05, 0) is 43.5 Å². The van der Waals surface area contributed by atoms with E-state index in [0.717, 1.165) is 22.3 Å². The van der Waals surface area contributed by atoms with Gasteiger partial charge in [0.2, 0.25) is 0 Å². The van der Waals surface area contributed by atoms with Crippen LogP contribution in [-0.2, 0) is 14.3 Å². The van der Waals surface area contributed by atoms with Gasteiger partial charge < -0.3 is 9.47 Å². The molecular weight excluding hydrogens is 254 g/mol. The van der Waals surface area contributed by atoms with Crippen molar-refractivity contribution in [3.05, 3.63) is 40.0 Å². The minimum atomic E-state index is -0.621. The van der Waals surface area contributed by atoms with Crippen LogP contribution >= 0.6 is 0 Å². The van der Waals surface area contributed by atoms with Gasteiger partial charge in [-0.2, -0.15) is 5.26 Å². The van der Waals surface area contributed by atoms with Crippen LogP contribution in [0.15, 0.2) is 17.7 Å². The van der Waals surface area contributed by atoms with E-state index in [4.69, 9.17) is 14.7 Å². The van der Waals surface area contributed by atoms with E-state index in [2.05, 4.69) is 0 Å². The van der Waals surface area contributed by atoms with Gasteiger partial charge in [0.1, 0.15) is 18.2 Å². The molecule has 0 aliphatic heterocycles. The maximum Gasteiger partial charge on any atom is 0.348 e. The smallest absolute Gasteiger partial charge is 0.348 e. The van der Waals surface area contributed by atoms with Crippen molar-refractivity contribution < 1.29 is 14.3 Å². The fraction of sp³-hybridized carbons (Fsp3) is 0.375. The lowest BCUT2D eigenvalue weighted by atomic mass is 9.98. The number of hydrogen-bond donors (Lipinski definition) is 0. The molecule has 0 saturated heterocycles. The first-order valence-electron chi connectivity index (χ1n) is 6.35. The molecule has 1 aromatic carbocycles. The highest BCUT2D eigenvalue weighted by Crippen LogP contribution is 2.19. The van der Waals surface area contributed by atoms with Crippen LogP contribution < -0.4 is 0 Å². The van der Waals surface area contributed by atoms with E-state index in [1.807, 2.05) is 39.0 Å². The van der Waals surface area contributed by atoms with Crippen molar-refractivity contribution in [1.82, 2.24) is 0 Å². The average Bonchev–Trinajstić information content (AvgIpc) is 2.38. The Labute approximate surface area is 119 Å². The van der Waals surface area contributed by atoms with E-state index in [9.17, 15) is 4.79 Å². The van der Waals surface area contributed by atoms with Crippen molar-refractivity contribution in [3.63, 3.8) is 0 Å². The first-order valence-corrected chi connectivity index (χ1v) is 6.35. The molecule has 1 aromatic rings. The number of rotatable bonds is 5. The number of carbonyl (C=O) groups is 1. The predicted octanol–water partition coefficient (Wildman–Crippen LogP) is 2.71. The summed E-state index contributed by atoms with van der Waals surface area (Å²) < 4.78 is 9.75. The fourth-order valence-corrected chi connectivity index (χ4v) is 2.00. The topological polar surface area (TPSA) is 59.3 Å². The van der Waals surface area contributed by atoms with Crippen LogP contribution in [0.2, 0.25) is 0 Å². The summed E-state index contributed by atoms with van der Waals surface area (Å²) in [6.07, 6.45) is 1.58. The Morgan fingerprint density at radius 3 is 2.35 bits per heavy atom. The van der Waals surface area contributed by atoms with E-state index in [1.165, 1.54) is 7.11 Å². The molecule has 0 radical (unpaired) electrons. The highest BCUT2D eigenvalue weighted by molar-refractivity contribution is 5.98. The van der Waals surface area contributed by atoms with Gasteiger partial charge in [-0.1, -0.05) is 17.7 Å². The molecule has 0 aliphatic rings. The SMILES string of the molecule is COCCOC(=O)/C(C#N)=C/c1c(C)cc(C)cc1C. The number of methoxy groups -OCH3 is 1. The summed E-state index contributed by atoms with van der Waals surface area (Å²) in [7, 11) is 1.52. The highest BCUT2D eigenvalue weighted by Gasteiger charge is 2.12. The van der Waals surface area contributed by atoms with Gasteiger partial charge in [0.05, 0.1) is 6.61 Å². The van der Waals surface area contributed by atoms with Gasteiger partial charge in [0.15, 0.2) is 0 Å². The largest absolute Gasteiger partial charge is 0.459 e. The van der Waals surface area contributed by atoms with E-state index in [0.29, 0.717) is 6.61 Å². The first kappa shape index (κ1) is 15.9. The maximum absolute atomic E-state index is 11.8. The van der Waals surface area contributed by atoms with Crippen molar-refractivity contribution in [2.75, 3.05) is 20.3 Å². The quantitative estimate of drug-likeness (QED) is 0.358. The normalized spacial score (nSPS) is 11.1. The number of nitriles is 1. The maximum atomic E-state index is 11.8. The van der Waals surface area contributed by atoms with Crippen molar-refractivity contribution >= 4 is 12.0 Å². The third-order valence-electron chi connectivity index (χ3n) is 2.89. The molecule has 0 aliphatic carbocycles. The number of hydrogen-bond acceptors (Lipinski definition) is 4. The zero-order chi connectivity index (χ0) is 15.1. The molecular formula is C16H19NO3. The molecule has 0 spiro atoms. The van der Waals surface area contributed by atoms with Crippen LogP contribution in [-0.4, -0.2) is 26.3 Å². The van der Waals surface area contributed by atoms with Gasteiger partial charge >= 0.3 is 5.97 Å². The van der Waals surface area contributed by atoms with Crippen molar-refractivity contribution in [2.45, 2.75) is 20.8 Å². The predicted molar refractivity (Wildman–Crippen MR) is 77.1 cm³/mol. The molecule has 0 fully saturated rings. The zero-order valence-electron chi connectivity index (χ0n) is 12.3. The standard InChI is InChI=1S/C16H19NO3/c1-11-7-12(2)15(13(3)8-11)9-14(10-17)16(18)20-6-5-19-4/h7-9H,5-6H2,1-4H3/b14-9+. The summed E-state index contributed by atoms with van der Waals surface area (Å²) in [4.78, 5) is 11.8. The minimum Gasteiger partial charge on any atom is -0.459 e. The molecule has 0 aromatic heterocycles. The molecule has 20 heavy (non-hydrogen) atoms. The molecule has 0 N–H and O–H groups in total. The zero-order valence-corrected chi connectivity index (χ0v) is 12.3. The molecule has 0 atom stereocenters. The molecule has 0 saturated carbocycles. The van der Waals surface area contributed by atoms with Crippen LogP contribution in [0.25, 0.3) is 6.08 Å². The monoisotopic (exact) mass is 273 g/mol. The van der Waals surface area contributed by atoms with E-state index >= 15 is 0 Å². The molecule has 1 rings (SSSR count). The Hall–Kier alpha value is -2.12. The van der Waals surface area contributed by atoms with Crippen LogP contribution in [0.1, 0.15) is 22.3 Å². The molecule has 106 valence electrons. The van der Waals surface area contributed by atoms with Gasteiger partial charge in [0.25, 0.3) is 0 Å². The lowest BCUT2D eigenvalue weighted by Gasteiger charge is -2.08. The van der Waals surface area contributed by atoms with E-state index in [1.54, 1.807) is 6.08 Å². The van der Waals surface area contributed by atoms with Gasteiger partial charge in [0, 0.05) is 7.11 Å². The Morgan fingerprint density at radius 1 is 1.25 bits per heavy atom. The fourth-order valence-electron chi connectivity index (χ4n) is 2.00. The number of esters is 1. The number of nitrogens with zero attached hydrogens (tertiary/aromatic N) is 1. The van der Waals surface area contributed by atoms with E-state index in [-0.39, 0.29) is 12.2 Å². The number of aryl methyl sites for hydroxylation is 3. The summed E-state index contributed by atoms with van der Waals surface area (Å²) in [5.74, 6) is -0.621. The molecule has 0 heterocycles. The Balaban J connectivity index is 3.01. The van der Waals surface area contributed by atoms with Crippen LogP contribution in [0, 0.1) is 32.1 Å². The summed E-state index contributed by atoms with van der Waals surface area (Å²) in [6, 6.07) is 5.93. The molecule has 0 bridgehead atoms. The lowest BCUT2D eigenvalue weighted by Crippen LogP contribution is -2.11. The second-order valence-corrected chi connectivity index (χ2v) is 4.61. The third-order valence-corrected chi connectivity index (χ3v) is 2.89. The Bertz CT molecular complexity index is 545. The summed E-state index contributed by atoms with van der Waals surface area (Å²) in [6.45, 7) is 6.37. The number of ether oxygens (including phenoxy) is 2. The minimum absolute atomic E-state index is 0.00356. The van der Waals surface area contributed by atoms with E-state index < -0.39 is 5.97 Å². The van der Waals surface area contributed by atoms with Gasteiger partial charge in [-0.3, -0.25) is 0 Å². The lowest BCUT2D eigenvalue weighted by molar-refractivity contribution is -0.139. The summed E-state index contributed by atoms with van der Waals surface area (Å²) >= 11 is 0. The molecule has 4 nitrogen and oxygen atoms in total. The van der Waals surface area contributed by atoms with Crippen LogP contribution in [0.3, 0.4) is 0 Å². The van der Waals surface area contributed by atoms with Crippen molar-refractivity contribution in [1.29, 1.82) is 5.26 Å². The Kier molecular flexibility index (Phi) is 5.95. The highest BCUT2D eigenvalue weighted by atomic mass is 16.6. The van der Waals surface area contributed by atoms with Crippen LogP contribution in [0.4, 0.5) is 0 Å². The van der Waals surface area contributed by atoms with Gasteiger partial charge in [-0.15, -0.1) is 0 Å². The molecule has 4 heteroatoms. The van der Waals surface area contributed by atoms with Gasteiger partial charge in [-0.25, -0.2) is 4.79 Å². The van der Waals surface area contributed by atoms with Crippen molar-refractivity contribution in [2.24, 2.45) is 0 Å². The Morgan fingerprint density at radius 2 is 1.85 bits per heavy atom.